The maximum Gasteiger partial charge on any atom is 0.305 e. The fourth-order valence-electron chi connectivity index (χ4n) is 3.36. The fourth-order valence-corrected chi connectivity index (χ4v) is 3.36. The second kappa shape index (κ2) is 7.23. The van der Waals surface area contributed by atoms with E-state index < -0.39 is 0 Å². The number of rotatable bonds is 5. The summed E-state index contributed by atoms with van der Waals surface area (Å²) in [6, 6.07) is 17.4. The van der Waals surface area contributed by atoms with Gasteiger partial charge in [0.25, 0.3) is 5.88 Å². The Morgan fingerprint density at radius 3 is 2.61 bits per heavy atom. The number of anilines is 1. The van der Waals surface area contributed by atoms with Gasteiger partial charge in [0.15, 0.2) is 5.76 Å². The third-order valence-corrected chi connectivity index (χ3v) is 5.04. The van der Waals surface area contributed by atoms with E-state index >= 15 is 0 Å². The van der Waals surface area contributed by atoms with Crippen LogP contribution in [-0.2, 0) is 4.79 Å². The van der Waals surface area contributed by atoms with Crippen molar-refractivity contribution < 1.29 is 14.3 Å². The number of aromatic nitrogens is 2. The number of aromatic amines is 1. The zero-order valence-corrected chi connectivity index (χ0v) is 15.6. The van der Waals surface area contributed by atoms with Crippen LogP contribution in [-0.4, -0.2) is 21.0 Å². The summed E-state index contributed by atoms with van der Waals surface area (Å²) in [5, 5.41) is 14.0. The number of fused-ring (bicyclic) bond motifs is 1. The van der Waals surface area contributed by atoms with Gasteiger partial charge in [-0.05, 0) is 24.1 Å². The number of nitrogens with one attached hydrogen (secondary N) is 2. The number of oxazole rings is 1. The van der Waals surface area contributed by atoms with Crippen molar-refractivity contribution in [2.75, 3.05) is 5.32 Å². The van der Waals surface area contributed by atoms with Gasteiger partial charge in [-0.3, -0.25) is 10.1 Å². The molecular formula is C22H21N3O3. The van der Waals surface area contributed by atoms with Gasteiger partial charge in [0.1, 0.15) is 0 Å². The molecule has 142 valence electrons. The van der Waals surface area contributed by atoms with Gasteiger partial charge in [0.05, 0.1) is 5.92 Å². The van der Waals surface area contributed by atoms with E-state index in [2.05, 4.69) is 15.3 Å². The number of H-pyrrole nitrogens is 1. The molecule has 28 heavy (non-hydrogen) atoms. The van der Waals surface area contributed by atoms with Gasteiger partial charge >= 0.3 is 6.01 Å². The lowest BCUT2D eigenvalue weighted by molar-refractivity contribution is -0.117. The summed E-state index contributed by atoms with van der Waals surface area (Å²) >= 11 is 0. The Bertz CT molecular complexity index is 1110. The van der Waals surface area contributed by atoms with Crippen molar-refractivity contribution in [1.29, 1.82) is 0 Å². The predicted octanol–water partition coefficient (Wildman–Crippen LogP) is 4.76. The number of hydrogen-bond donors (Lipinski definition) is 3. The van der Waals surface area contributed by atoms with Gasteiger partial charge in [-0.25, -0.2) is 0 Å². The lowest BCUT2D eigenvalue weighted by Crippen LogP contribution is -2.18. The van der Waals surface area contributed by atoms with Gasteiger partial charge in [0, 0.05) is 23.0 Å². The quantitative estimate of drug-likeness (QED) is 0.469. The number of hydrogen-bond acceptors (Lipinski definition) is 4. The molecule has 2 aromatic carbocycles. The lowest BCUT2D eigenvalue weighted by Gasteiger charge is -2.10. The van der Waals surface area contributed by atoms with Crippen LogP contribution in [0.3, 0.4) is 0 Å². The number of carbonyl (C=O) groups is 1. The van der Waals surface area contributed by atoms with Crippen molar-refractivity contribution in [1.82, 2.24) is 9.97 Å². The molecule has 4 rings (SSSR count). The summed E-state index contributed by atoms with van der Waals surface area (Å²) in [7, 11) is 0. The zero-order valence-electron chi connectivity index (χ0n) is 15.6. The Hall–Kier alpha value is -3.54. The van der Waals surface area contributed by atoms with Crippen molar-refractivity contribution in [2.24, 2.45) is 0 Å². The third kappa shape index (κ3) is 3.24. The van der Waals surface area contributed by atoms with Gasteiger partial charge in [-0.15, -0.1) is 0 Å². The van der Waals surface area contributed by atoms with E-state index in [1.54, 1.807) is 0 Å². The number of amides is 1. The molecule has 0 aliphatic heterocycles. The van der Waals surface area contributed by atoms with E-state index in [1.165, 1.54) is 0 Å². The highest BCUT2D eigenvalue weighted by atomic mass is 16.4. The Morgan fingerprint density at radius 2 is 1.82 bits per heavy atom. The lowest BCUT2D eigenvalue weighted by atomic mass is 9.98. The van der Waals surface area contributed by atoms with E-state index in [-0.39, 0.29) is 29.6 Å². The molecule has 0 radical (unpaired) electrons. The molecule has 3 N–H and O–H groups in total. The molecule has 0 saturated heterocycles. The standard InChI is InChI=1S/C22H21N3O3/c1-13(15-8-4-3-5-9-15)20(26)24-22-25-21(27)19(28-22)14(2)17-12-23-18-11-7-6-10-16(17)18/h3-14,23,27H,1-2H3,(H,24,25,26)/t13?,14-/m1/s1. The molecule has 2 atom stereocenters. The van der Waals surface area contributed by atoms with E-state index in [0.717, 1.165) is 22.0 Å². The van der Waals surface area contributed by atoms with Crippen LogP contribution >= 0.6 is 0 Å². The van der Waals surface area contributed by atoms with Crippen LogP contribution in [0.15, 0.2) is 65.2 Å². The highest BCUT2D eigenvalue weighted by Gasteiger charge is 2.24. The minimum atomic E-state index is -0.371. The molecule has 0 spiro atoms. The van der Waals surface area contributed by atoms with Crippen molar-refractivity contribution in [2.45, 2.75) is 25.7 Å². The van der Waals surface area contributed by atoms with Gasteiger partial charge in [0.2, 0.25) is 5.91 Å². The minimum absolute atomic E-state index is 0.00743. The Kier molecular flexibility index (Phi) is 4.61. The smallest absolute Gasteiger partial charge is 0.305 e. The van der Waals surface area contributed by atoms with E-state index in [0.29, 0.717) is 5.76 Å². The highest BCUT2D eigenvalue weighted by molar-refractivity contribution is 5.94. The topological polar surface area (TPSA) is 91.1 Å². The fraction of sp³-hybridized carbons (Fsp3) is 0.182. The molecule has 4 aromatic rings. The van der Waals surface area contributed by atoms with Gasteiger partial charge < -0.3 is 14.5 Å². The third-order valence-electron chi connectivity index (χ3n) is 5.04. The van der Waals surface area contributed by atoms with Crippen LogP contribution in [0.1, 0.15) is 42.6 Å². The largest absolute Gasteiger partial charge is 0.491 e. The molecule has 2 heterocycles. The first-order valence-electron chi connectivity index (χ1n) is 9.16. The summed E-state index contributed by atoms with van der Waals surface area (Å²) in [6.07, 6.45) is 1.90. The van der Waals surface area contributed by atoms with Crippen LogP contribution in [0.4, 0.5) is 6.01 Å². The maximum atomic E-state index is 12.5. The first-order chi connectivity index (χ1) is 13.5. The van der Waals surface area contributed by atoms with Crippen molar-refractivity contribution in [3.63, 3.8) is 0 Å². The van der Waals surface area contributed by atoms with E-state index in [9.17, 15) is 9.90 Å². The molecule has 6 heteroatoms. The van der Waals surface area contributed by atoms with Gasteiger partial charge in [-0.2, -0.15) is 4.98 Å². The minimum Gasteiger partial charge on any atom is -0.491 e. The average molecular weight is 375 g/mol. The maximum absolute atomic E-state index is 12.5. The van der Waals surface area contributed by atoms with Crippen LogP contribution in [0.5, 0.6) is 5.88 Å². The van der Waals surface area contributed by atoms with Gasteiger partial charge in [-0.1, -0.05) is 55.5 Å². The number of benzene rings is 2. The zero-order chi connectivity index (χ0) is 19.7. The molecule has 0 aliphatic rings. The summed E-state index contributed by atoms with van der Waals surface area (Å²) in [5.74, 6) is -0.766. The molecule has 2 aromatic heterocycles. The molecule has 0 fully saturated rings. The number of para-hydroxylation sites is 1. The Balaban J connectivity index is 1.56. The number of nitrogens with zero attached hydrogens (tertiary/aromatic N) is 1. The SMILES string of the molecule is CC(C(=O)Nc1nc(O)c([C@H](C)c2c[nH]c3ccccc23)o1)c1ccccc1. The van der Waals surface area contributed by atoms with Crippen molar-refractivity contribution in [3.8, 4) is 5.88 Å². The van der Waals surface area contributed by atoms with Crippen LogP contribution in [0.25, 0.3) is 10.9 Å². The number of carbonyl (C=O) groups excluding carboxylic acids is 1. The number of aromatic hydroxyl groups is 1. The van der Waals surface area contributed by atoms with Crippen LogP contribution < -0.4 is 5.32 Å². The molecular weight excluding hydrogens is 354 g/mol. The van der Waals surface area contributed by atoms with E-state index in [4.69, 9.17) is 4.42 Å². The predicted molar refractivity (Wildman–Crippen MR) is 107 cm³/mol. The highest BCUT2D eigenvalue weighted by Crippen LogP contribution is 2.36. The first-order valence-corrected chi connectivity index (χ1v) is 9.16. The van der Waals surface area contributed by atoms with Crippen LogP contribution in [0.2, 0.25) is 0 Å². The van der Waals surface area contributed by atoms with Crippen molar-refractivity contribution in [3.05, 3.63) is 77.7 Å². The second-order valence-electron chi connectivity index (χ2n) is 6.84. The van der Waals surface area contributed by atoms with E-state index in [1.807, 2.05) is 74.6 Å². The first kappa shape index (κ1) is 17.9. The van der Waals surface area contributed by atoms with Crippen molar-refractivity contribution >= 4 is 22.8 Å². The second-order valence-corrected chi connectivity index (χ2v) is 6.84. The molecule has 0 aliphatic carbocycles. The normalized spacial score (nSPS) is 13.4. The molecule has 1 unspecified atom stereocenters. The molecule has 0 bridgehead atoms. The Morgan fingerprint density at radius 1 is 1.11 bits per heavy atom. The molecule has 0 saturated carbocycles. The summed E-state index contributed by atoms with van der Waals surface area (Å²) in [4.78, 5) is 19.7. The summed E-state index contributed by atoms with van der Waals surface area (Å²) < 4.78 is 5.70. The Labute approximate surface area is 162 Å². The summed E-state index contributed by atoms with van der Waals surface area (Å²) in [5.41, 5.74) is 2.88. The molecule has 1 amide bonds. The monoisotopic (exact) mass is 375 g/mol. The summed E-state index contributed by atoms with van der Waals surface area (Å²) in [6.45, 7) is 3.73. The molecule has 6 nitrogen and oxygen atoms in total. The average Bonchev–Trinajstić information content (AvgIpc) is 3.31. The van der Waals surface area contributed by atoms with Crippen LogP contribution in [0, 0.1) is 0 Å².